The van der Waals surface area contributed by atoms with Gasteiger partial charge in [-0.3, -0.25) is 4.79 Å². The molecular weight excluding hydrogens is 344 g/mol. The summed E-state index contributed by atoms with van der Waals surface area (Å²) in [6.07, 6.45) is 2.54. The van der Waals surface area contributed by atoms with Crippen LogP contribution >= 0.6 is 23.1 Å². The van der Waals surface area contributed by atoms with Gasteiger partial charge in [0.05, 0.1) is 10.7 Å². The summed E-state index contributed by atoms with van der Waals surface area (Å²) in [5.41, 5.74) is 1.49. The van der Waals surface area contributed by atoms with E-state index in [1.165, 1.54) is 0 Å². The Hall–Kier alpha value is -1.57. The quantitative estimate of drug-likeness (QED) is 0.714. The van der Waals surface area contributed by atoms with Crippen LogP contribution in [0.1, 0.15) is 27.5 Å². The first-order valence-electron chi connectivity index (χ1n) is 7.67. The number of aliphatic hydroxyl groups is 1. The van der Waals surface area contributed by atoms with Crippen molar-refractivity contribution >= 4 is 29.0 Å². The number of hydrogen-bond acceptors (Lipinski definition) is 6. The second kappa shape index (κ2) is 9.66. The second-order valence-corrected chi connectivity index (χ2v) is 7.28. The van der Waals surface area contributed by atoms with Crippen molar-refractivity contribution in [2.24, 2.45) is 0 Å². The van der Waals surface area contributed by atoms with Gasteiger partial charge >= 0.3 is 0 Å². The van der Waals surface area contributed by atoms with Crippen molar-refractivity contribution in [1.82, 2.24) is 10.3 Å². The van der Waals surface area contributed by atoms with E-state index >= 15 is 0 Å². The van der Waals surface area contributed by atoms with Crippen LogP contribution < -0.4 is 10.1 Å². The Morgan fingerprint density at radius 3 is 2.75 bits per heavy atom. The number of thiazole rings is 1. The number of carbonyl (C=O) groups is 1. The molecule has 2 rings (SSSR count). The van der Waals surface area contributed by atoms with Gasteiger partial charge in [-0.25, -0.2) is 4.98 Å². The molecule has 7 heteroatoms. The highest BCUT2D eigenvalue weighted by atomic mass is 32.2. The lowest BCUT2D eigenvalue weighted by atomic mass is 10.1. The normalized spacial score (nSPS) is 12.0. The minimum absolute atomic E-state index is 0.0265. The molecule has 1 amide bonds. The molecule has 0 aliphatic carbocycles. The fourth-order valence-corrected chi connectivity index (χ4v) is 3.41. The van der Waals surface area contributed by atoms with Gasteiger partial charge in [-0.1, -0.05) is 0 Å². The lowest BCUT2D eigenvalue weighted by Gasteiger charge is -2.16. The Labute approximate surface area is 150 Å². The van der Waals surface area contributed by atoms with E-state index in [1.54, 1.807) is 47.4 Å². The summed E-state index contributed by atoms with van der Waals surface area (Å²) in [6.45, 7) is 2.44. The number of aryl methyl sites for hydroxylation is 1. The zero-order valence-electron chi connectivity index (χ0n) is 13.8. The minimum atomic E-state index is -0.135. The first kappa shape index (κ1) is 18.8. The monoisotopic (exact) mass is 366 g/mol. The van der Waals surface area contributed by atoms with Gasteiger partial charge < -0.3 is 15.2 Å². The summed E-state index contributed by atoms with van der Waals surface area (Å²) in [4.78, 5) is 16.6. The highest BCUT2D eigenvalue weighted by Gasteiger charge is 2.13. The van der Waals surface area contributed by atoms with Crippen LogP contribution in [0, 0.1) is 6.92 Å². The van der Waals surface area contributed by atoms with Crippen molar-refractivity contribution in [3.63, 3.8) is 0 Å². The number of hydrogen-bond donors (Lipinski definition) is 2. The molecule has 0 unspecified atom stereocenters. The molecule has 130 valence electrons. The molecule has 0 spiro atoms. The standard InChI is InChI=1S/C17H22N2O3S2/c1-12-18-15(11-24-12)9-22-16-5-3-13(4-6-16)17(21)19-14(7-8-20)10-23-2/h3-6,11,14,20H,7-10H2,1-2H3,(H,19,21)/t14-/m1/s1. The summed E-state index contributed by atoms with van der Waals surface area (Å²) in [6, 6.07) is 7.02. The summed E-state index contributed by atoms with van der Waals surface area (Å²) >= 11 is 3.24. The maximum atomic E-state index is 12.2. The van der Waals surface area contributed by atoms with Crippen LogP contribution in [0.2, 0.25) is 0 Å². The van der Waals surface area contributed by atoms with Crippen LogP contribution in [-0.4, -0.2) is 40.7 Å². The highest BCUT2D eigenvalue weighted by Crippen LogP contribution is 2.16. The predicted octanol–water partition coefficient (Wildman–Crippen LogP) is 2.87. The van der Waals surface area contributed by atoms with Gasteiger partial charge in [-0.05, 0) is 43.9 Å². The molecule has 0 saturated carbocycles. The first-order chi connectivity index (χ1) is 11.6. The molecule has 24 heavy (non-hydrogen) atoms. The number of nitrogens with zero attached hydrogens (tertiary/aromatic N) is 1. The predicted molar refractivity (Wildman–Crippen MR) is 99.0 cm³/mol. The van der Waals surface area contributed by atoms with Crippen molar-refractivity contribution in [2.75, 3.05) is 18.6 Å². The fraction of sp³-hybridized carbons (Fsp3) is 0.412. The summed E-state index contributed by atoms with van der Waals surface area (Å²) < 4.78 is 5.67. The molecule has 2 N–H and O–H groups in total. The van der Waals surface area contributed by atoms with Crippen LogP contribution in [0.4, 0.5) is 0 Å². The lowest BCUT2D eigenvalue weighted by Crippen LogP contribution is -2.37. The van der Waals surface area contributed by atoms with E-state index in [1.807, 2.05) is 18.6 Å². The number of rotatable bonds is 9. The number of amides is 1. The van der Waals surface area contributed by atoms with E-state index in [0.717, 1.165) is 16.5 Å². The molecule has 0 bridgehead atoms. The molecular formula is C17H22N2O3S2. The second-order valence-electron chi connectivity index (χ2n) is 5.31. The Balaban J connectivity index is 1.89. The number of thioether (sulfide) groups is 1. The third-order valence-corrected chi connectivity index (χ3v) is 4.91. The van der Waals surface area contributed by atoms with Crippen molar-refractivity contribution in [3.8, 4) is 5.75 Å². The van der Waals surface area contributed by atoms with Crippen LogP contribution in [-0.2, 0) is 6.61 Å². The SMILES string of the molecule is CSC[C@@H](CCO)NC(=O)c1ccc(OCc2csc(C)n2)cc1. The molecule has 0 aliphatic rings. The topological polar surface area (TPSA) is 71.5 Å². The molecule has 1 aromatic carbocycles. The van der Waals surface area contributed by atoms with E-state index in [2.05, 4.69) is 10.3 Å². The van der Waals surface area contributed by atoms with Crippen molar-refractivity contribution in [2.45, 2.75) is 26.0 Å². The van der Waals surface area contributed by atoms with Gasteiger partial charge in [-0.2, -0.15) is 11.8 Å². The molecule has 2 aromatic rings. The molecule has 0 radical (unpaired) electrons. The number of carbonyl (C=O) groups excluding carboxylic acids is 1. The molecule has 1 heterocycles. The van der Waals surface area contributed by atoms with E-state index in [4.69, 9.17) is 9.84 Å². The van der Waals surface area contributed by atoms with Gasteiger partial charge in [0.1, 0.15) is 12.4 Å². The molecule has 0 aliphatic heterocycles. The lowest BCUT2D eigenvalue weighted by molar-refractivity contribution is 0.0935. The molecule has 1 aromatic heterocycles. The third kappa shape index (κ3) is 5.81. The maximum absolute atomic E-state index is 12.2. The van der Waals surface area contributed by atoms with Crippen molar-refractivity contribution in [3.05, 3.63) is 45.9 Å². The van der Waals surface area contributed by atoms with E-state index in [9.17, 15) is 4.79 Å². The molecule has 0 saturated heterocycles. The summed E-state index contributed by atoms with van der Waals surface area (Å²) in [7, 11) is 0. The smallest absolute Gasteiger partial charge is 0.251 e. The average Bonchev–Trinajstić information content (AvgIpc) is 2.99. The van der Waals surface area contributed by atoms with E-state index < -0.39 is 0 Å². The zero-order chi connectivity index (χ0) is 17.4. The van der Waals surface area contributed by atoms with Gasteiger partial charge in [-0.15, -0.1) is 11.3 Å². The van der Waals surface area contributed by atoms with Crippen LogP contribution in [0.25, 0.3) is 0 Å². The van der Waals surface area contributed by atoms with Gasteiger partial charge in [0.15, 0.2) is 0 Å². The summed E-state index contributed by atoms with van der Waals surface area (Å²) in [5.74, 6) is 1.35. The van der Waals surface area contributed by atoms with E-state index in [0.29, 0.717) is 24.3 Å². The Bertz CT molecular complexity index is 638. The van der Waals surface area contributed by atoms with E-state index in [-0.39, 0.29) is 18.6 Å². The minimum Gasteiger partial charge on any atom is -0.487 e. The van der Waals surface area contributed by atoms with Gasteiger partial charge in [0.2, 0.25) is 0 Å². The Morgan fingerprint density at radius 1 is 1.42 bits per heavy atom. The number of aromatic nitrogens is 1. The zero-order valence-corrected chi connectivity index (χ0v) is 15.5. The first-order valence-corrected chi connectivity index (χ1v) is 9.94. The number of aliphatic hydroxyl groups excluding tert-OH is 1. The van der Waals surface area contributed by atoms with Crippen molar-refractivity contribution in [1.29, 1.82) is 0 Å². The third-order valence-electron chi connectivity index (χ3n) is 3.35. The average molecular weight is 367 g/mol. The van der Waals surface area contributed by atoms with Gasteiger partial charge in [0, 0.05) is 29.3 Å². The fourth-order valence-electron chi connectivity index (χ4n) is 2.16. The largest absolute Gasteiger partial charge is 0.487 e. The van der Waals surface area contributed by atoms with Crippen LogP contribution in [0.5, 0.6) is 5.75 Å². The Kier molecular flexibility index (Phi) is 7.55. The number of ether oxygens (including phenoxy) is 1. The molecule has 1 atom stereocenters. The number of nitrogens with one attached hydrogen (secondary N) is 1. The summed E-state index contributed by atoms with van der Waals surface area (Å²) in [5, 5.41) is 15.0. The molecule has 5 nitrogen and oxygen atoms in total. The molecule has 0 fully saturated rings. The van der Waals surface area contributed by atoms with Crippen LogP contribution in [0.15, 0.2) is 29.6 Å². The van der Waals surface area contributed by atoms with Crippen molar-refractivity contribution < 1.29 is 14.6 Å². The van der Waals surface area contributed by atoms with Crippen LogP contribution in [0.3, 0.4) is 0 Å². The number of benzene rings is 1. The highest BCUT2D eigenvalue weighted by molar-refractivity contribution is 7.98. The maximum Gasteiger partial charge on any atom is 0.251 e. The Morgan fingerprint density at radius 2 is 2.17 bits per heavy atom. The van der Waals surface area contributed by atoms with Gasteiger partial charge in [0.25, 0.3) is 5.91 Å².